The van der Waals surface area contributed by atoms with Crippen LogP contribution in [-0.2, 0) is 9.53 Å². The van der Waals surface area contributed by atoms with Gasteiger partial charge in [-0.25, -0.2) is 9.80 Å². The fourth-order valence-corrected chi connectivity index (χ4v) is 3.79. The third-order valence-corrected chi connectivity index (χ3v) is 5.18. The predicted molar refractivity (Wildman–Crippen MR) is 118 cm³/mol. The van der Waals surface area contributed by atoms with Gasteiger partial charge in [-0.2, -0.15) is 5.10 Å². The standard InChI is InChI=1S/C25H24N2O3/c1-3-30-25(28)24-22(18-14-16-21(29-2)17-15-18)23(19-10-6-4-7-11-19)26-27(24)20-12-8-5-9-13-20/h4-17,22,24H,3H2,1-2H3/t22-,24-/m1/s1. The zero-order valence-corrected chi connectivity index (χ0v) is 17.1. The molecule has 0 amide bonds. The van der Waals surface area contributed by atoms with Crippen LogP contribution < -0.4 is 9.75 Å². The lowest BCUT2D eigenvalue weighted by Crippen LogP contribution is -2.40. The normalized spacial score (nSPS) is 18.1. The summed E-state index contributed by atoms with van der Waals surface area (Å²) in [7, 11) is 1.64. The largest absolute Gasteiger partial charge is 0.497 e. The Morgan fingerprint density at radius 3 is 2.17 bits per heavy atom. The molecule has 0 bridgehead atoms. The second-order valence-corrected chi connectivity index (χ2v) is 6.98. The quantitative estimate of drug-likeness (QED) is 0.566. The number of hydrogen-bond donors (Lipinski definition) is 0. The van der Waals surface area contributed by atoms with Gasteiger partial charge >= 0.3 is 5.97 Å². The molecule has 30 heavy (non-hydrogen) atoms. The molecule has 0 radical (unpaired) electrons. The van der Waals surface area contributed by atoms with E-state index in [0.717, 1.165) is 28.3 Å². The molecule has 0 aliphatic carbocycles. The van der Waals surface area contributed by atoms with Gasteiger partial charge in [0.1, 0.15) is 5.75 Å². The average molecular weight is 400 g/mol. The lowest BCUT2D eigenvalue weighted by Gasteiger charge is -2.26. The van der Waals surface area contributed by atoms with Crippen molar-refractivity contribution in [3.63, 3.8) is 0 Å². The molecule has 4 rings (SSSR count). The van der Waals surface area contributed by atoms with Crippen LogP contribution in [0.3, 0.4) is 0 Å². The van der Waals surface area contributed by atoms with E-state index in [1.807, 2.05) is 91.9 Å². The summed E-state index contributed by atoms with van der Waals surface area (Å²) in [5, 5.41) is 6.72. The molecular weight excluding hydrogens is 376 g/mol. The smallest absolute Gasteiger partial charge is 0.332 e. The van der Waals surface area contributed by atoms with Crippen LogP contribution in [0, 0.1) is 0 Å². The Morgan fingerprint density at radius 1 is 0.933 bits per heavy atom. The molecule has 0 aromatic heterocycles. The SMILES string of the molecule is CCOC(=O)[C@H]1[C@H](c2ccc(OC)cc2)C(c2ccccc2)=NN1c1ccccc1. The molecule has 2 atom stereocenters. The van der Waals surface area contributed by atoms with Gasteiger partial charge in [-0.05, 0) is 42.3 Å². The molecule has 0 unspecified atom stereocenters. The first kappa shape index (κ1) is 19.7. The van der Waals surface area contributed by atoms with Gasteiger partial charge in [-0.15, -0.1) is 0 Å². The lowest BCUT2D eigenvalue weighted by molar-refractivity contribution is -0.144. The number of benzene rings is 3. The van der Waals surface area contributed by atoms with E-state index in [4.69, 9.17) is 14.6 Å². The molecule has 1 aliphatic heterocycles. The van der Waals surface area contributed by atoms with Gasteiger partial charge in [0.25, 0.3) is 0 Å². The van der Waals surface area contributed by atoms with Crippen molar-refractivity contribution < 1.29 is 14.3 Å². The van der Waals surface area contributed by atoms with E-state index in [1.54, 1.807) is 12.1 Å². The summed E-state index contributed by atoms with van der Waals surface area (Å²) in [6, 6.07) is 26.9. The van der Waals surface area contributed by atoms with Gasteiger partial charge in [0.05, 0.1) is 31.0 Å². The minimum absolute atomic E-state index is 0.280. The summed E-state index contributed by atoms with van der Waals surface area (Å²) < 4.78 is 10.8. The van der Waals surface area contributed by atoms with E-state index in [2.05, 4.69) is 0 Å². The first-order valence-corrected chi connectivity index (χ1v) is 10.0. The summed E-state index contributed by atoms with van der Waals surface area (Å²) in [6.07, 6.45) is 0. The Kier molecular flexibility index (Phi) is 5.80. The molecule has 3 aromatic rings. The topological polar surface area (TPSA) is 51.1 Å². The van der Waals surface area contributed by atoms with Gasteiger partial charge in [-0.1, -0.05) is 60.7 Å². The van der Waals surface area contributed by atoms with Crippen molar-refractivity contribution in [2.75, 3.05) is 18.7 Å². The predicted octanol–water partition coefficient (Wildman–Crippen LogP) is 4.64. The minimum Gasteiger partial charge on any atom is -0.497 e. The van der Waals surface area contributed by atoms with Gasteiger partial charge < -0.3 is 9.47 Å². The van der Waals surface area contributed by atoms with Crippen molar-refractivity contribution in [2.24, 2.45) is 5.10 Å². The fourth-order valence-electron chi connectivity index (χ4n) is 3.79. The number of methoxy groups -OCH3 is 1. The zero-order valence-electron chi connectivity index (χ0n) is 17.1. The number of anilines is 1. The number of carbonyl (C=O) groups excluding carboxylic acids is 1. The van der Waals surface area contributed by atoms with Gasteiger partial charge in [0.2, 0.25) is 0 Å². The van der Waals surface area contributed by atoms with E-state index >= 15 is 0 Å². The van der Waals surface area contributed by atoms with Crippen molar-refractivity contribution in [3.8, 4) is 5.75 Å². The third-order valence-electron chi connectivity index (χ3n) is 5.18. The molecule has 5 heteroatoms. The summed E-state index contributed by atoms with van der Waals surface area (Å²) in [6.45, 7) is 2.13. The zero-order chi connectivity index (χ0) is 20.9. The highest BCUT2D eigenvalue weighted by Gasteiger charge is 2.45. The van der Waals surface area contributed by atoms with Crippen molar-refractivity contribution in [1.29, 1.82) is 0 Å². The Bertz CT molecular complexity index is 1020. The monoisotopic (exact) mass is 400 g/mol. The van der Waals surface area contributed by atoms with Gasteiger partial charge in [0, 0.05) is 0 Å². The molecule has 0 fully saturated rings. The third kappa shape index (κ3) is 3.79. The van der Waals surface area contributed by atoms with Crippen LogP contribution in [0.4, 0.5) is 5.69 Å². The van der Waals surface area contributed by atoms with E-state index in [9.17, 15) is 4.79 Å². The van der Waals surface area contributed by atoms with Crippen molar-refractivity contribution >= 4 is 17.4 Å². The van der Waals surface area contributed by atoms with Gasteiger partial charge in [-0.3, -0.25) is 0 Å². The maximum Gasteiger partial charge on any atom is 0.332 e. The number of esters is 1. The Balaban J connectivity index is 1.86. The second kappa shape index (κ2) is 8.82. The maximum atomic E-state index is 13.2. The Labute approximate surface area is 176 Å². The van der Waals surface area contributed by atoms with E-state index in [1.165, 1.54) is 0 Å². The van der Waals surface area contributed by atoms with Crippen LogP contribution in [0.5, 0.6) is 5.75 Å². The average Bonchev–Trinajstić information content (AvgIpc) is 3.21. The number of hydrazone groups is 1. The number of rotatable bonds is 6. The molecule has 1 aliphatic rings. The van der Waals surface area contributed by atoms with Crippen LogP contribution in [0.15, 0.2) is 90.0 Å². The van der Waals surface area contributed by atoms with Crippen molar-refractivity contribution in [3.05, 3.63) is 96.1 Å². The van der Waals surface area contributed by atoms with E-state index in [0.29, 0.717) is 6.61 Å². The number of carbonyl (C=O) groups is 1. The van der Waals surface area contributed by atoms with Crippen LogP contribution in [0.2, 0.25) is 0 Å². The van der Waals surface area contributed by atoms with Crippen LogP contribution in [0.1, 0.15) is 24.0 Å². The minimum atomic E-state index is -0.601. The molecule has 0 spiro atoms. The summed E-state index contributed by atoms with van der Waals surface area (Å²) in [5.41, 5.74) is 3.64. The number of ether oxygens (including phenoxy) is 2. The van der Waals surface area contributed by atoms with E-state index < -0.39 is 6.04 Å². The molecule has 0 saturated heterocycles. The second-order valence-electron chi connectivity index (χ2n) is 6.98. The number of hydrogen-bond acceptors (Lipinski definition) is 5. The number of nitrogens with zero attached hydrogens (tertiary/aromatic N) is 2. The highest BCUT2D eigenvalue weighted by Crippen LogP contribution is 2.38. The Hall–Kier alpha value is -3.60. The maximum absolute atomic E-state index is 13.2. The Morgan fingerprint density at radius 2 is 1.57 bits per heavy atom. The van der Waals surface area contributed by atoms with Crippen molar-refractivity contribution in [2.45, 2.75) is 18.9 Å². The van der Waals surface area contributed by atoms with Crippen molar-refractivity contribution in [1.82, 2.24) is 0 Å². The highest BCUT2D eigenvalue weighted by atomic mass is 16.5. The molecule has 0 N–H and O–H groups in total. The number of para-hydroxylation sites is 1. The molecule has 152 valence electrons. The highest BCUT2D eigenvalue weighted by molar-refractivity contribution is 6.11. The van der Waals surface area contributed by atoms with Crippen LogP contribution >= 0.6 is 0 Å². The van der Waals surface area contributed by atoms with E-state index in [-0.39, 0.29) is 11.9 Å². The summed E-state index contributed by atoms with van der Waals surface area (Å²) in [5.74, 6) is 0.192. The molecule has 5 nitrogen and oxygen atoms in total. The first-order chi connectivity index (χ1) is 14.7. The van der Waals surface area contributed by atoms with Crippen LogP contribution in [0.25, 0.3) is 0 Å². The fraction of sp³-hybridized carbons (Fsp3) is 0.200. The summed E-state index contributed by atoms with van der Waals surface area (Å²) in [4.78, 5) is 13.2. The van der Waals surface area contributed by atoms with Crippen LogP contribution in [-0.4, -0.2) is 31.4 Å². The molecule has 1 heterocycles. The molecule has 0 saturated carbocycles. The first-order valence-electron chi connectivity index (χ1n) is 10.0. The molecule has 3 aromatic carbocycles. The molecular formula is C25H24N2O3. The lowest BCUT2D eigenvalue weighted by atomic mass is 9.85. The van der Waals surface area contributed by atoms with Gasteiger partial charge in [0.15, 0.2) is 6.04 Å². The summed E-state index contributed by atoms with van der Waals surface area (Å²) >= 11 is 0.